The van der Waals surface area contributed by atoms with E-state index in [0.717, 1.165) is 11.6 Å². The largest absolute Gasteiger partial charge is 0.353 e. The molecule has 1 saturated heterocycles. The fourth-order valence-corrected chi connectivity index (χ4v) is 4.49. The van der Waals surface area contributed by atoms with Gasteiger partial charge >= 0.3 is 0 Å². The van der Waals surface area contributed by atoms with E-state index in [1.807, 2.05) is 47.0 Å². The Labute approximate surface area is 197 Å². The molecule has 3 amide bonds. The summed E-state index contributed by atoms with van der Waals surface area (Å²) in [5.41, 5.74) is 0.879. The Morgan fingerprint density at radius 1 is 0.882 bits per heavy atom. The minimum atomic E-state index is -0.277. The second-order valence-corrected chi connectivity index (χ2v) is 8.50. The number of nitrogens with zero attached hydrogens (tertiary/aromatic N) is 6. The standard InChI is InChI=1S/C25H26N6O3/c1-18-26-21(28-10-4-5-11-28)17-22(27-18)29-13-15-30(16-14-29)23(32)9-6-12-31-24(33)19-7-2-3-8-20(19)25(31)34/h2-5,7-8,10-11,17H,6,9,12-16H2,1H3. The smallest absolute Gasteiger partial charge is 0.261 e. The van der Waals surface area contributed by atoms with Crippen LogP contribution in [0.15, 0.2) is 54.9 Å². The molecule has 0 aliphatic carbocycles. The van der Waals surface area contributed by atoms with E-state index in [2.05, 4.69) is 14.9 Å². The molecule has 2 aliphatic heterocycles. The predicted molar refractivity (Wildman–Crippen MR) is 126 cm³/mol. The first-order valence-corrected chi connectivity index (χ1v) is 11.5. The lowest BCUT2D eigenvalue weighted by atomic mass is 10.1. The molecule has 34 heavy (non-hydrogen) atoms. The van der Waals surface area contributed by atoms with Gasteiger partial charge in [0, 0.05) is 57.6 Å². The number of carbonyl (C=O) groups is 3. The van der Waals surface area contributed by atoms with Crippen molar-refractivity contribution in [1.82, 2.24) is 24.3 Å². The first-order valence-electron chi connectivity index (χ1n) is 11.5. The average molecular weight is 459 g/mol. The Kier molecular flexibility index (Phi) is 5.83. The fourth-order valence-electron chi connectivity index (χ4n) is 4.49. The van der Waals surface area contributed by atoms with Crippen LogP contribution in [0.4, 0.5) is 5.82 Å². The highest BCUT2D eigenvalue weighted by molar-refractivity contribution is 6.21. The summed E-state index contributed by atoms with van der Waals surface area (Å²) in [7, 11) is 0. The van der Waals surface area contributed by atoms with Crippen molar-refractivity contribution in [3.8, 4) is 5.82 Å². The molecule has 2 aromatic heterocycles. The maximum Gasteiger partial charge on any atom is 0.261 e. The normalized spacial score (nSPS) is 15.7. The van der Waals surface area contributed by atoms with E-state index < -0.39 is 0 Å². The minimum Gasteiger partial charge on any atom is -0.353 e. The van der Waals surface area contributed by atoms with Gasteiger partial charge in [-0.15, -0.1) is 0 Å². The lowest BCUT2D eigenvalue weighted by Crippen LogP contribution is -2.49. The third-order valence-electron chi connectivity index (χ3n) is 6.29. The van der Waals surface area contributed by atoms with Crippen molar-refractivity contribution >= 4 is 23.5 Å². The molecule has 2 aliphatic rings. The van der Waals surface area contributed by atoms with E-state index in [1.54, 1.807) is 24.3 Å². The van der Waals surface area contributed by atoms with E-state index in [0.29, 0.717) is 56.0 Å². The third-order valence-corrected chi connectivity index (χ3v) is 6.29. The molecule has 9 nitrogen and oxygen atoms in total. The number of aryl methyl sites for hydroxylation is 1. The Morgan fingerprint density at radius 3 is 2.15 bits per heavy atom. The Hall–Kier alpha value is -4.01. The first-order chi connectivity index (χ1) is 16.5. The zero-order valence-electron chi connectivity index (χ0n) is 19.1. The topological polar surface area (TPSA) is 91.6 Å². The van der Waals surface area contributed by atoms with E-state index in [4.69, 9.17) is 0 Å². The predicted octanol–water partition coefficient (Wildman–Crippen LogP) is 2.30. The molecule has 0 bridgehead atoms. The van der Waals surface area contributed by atoms with Gasteiger partial charge < -0.3 is 14.4 Å². The number of benzene rings is 1. The molecular formula is C25H26N6O3. The van der Waals surface area contributed by atoms with E-state index in [9.17, 15) is 14.4 Å². The number of rotatable bonds is 6. The summed E-state index contributed by atoms with van der Waals surface area (Å²) in [6, 6.07) is 12.7. The number of amides is 3. The molecule has 0 atom stereocenters. The van der Waals surface area contributed by atoms with Gasteiger partial charge in [-0.2, -0.15) is 0 Å². The van der Waals surface area contributed by atoms with Crippen LogP contribution in [0, 0.1) is 6.92 Å². The molecular weight excluding hydrogens is 432 g/mol. The van der Waals surface area contributed by atoms with Gasteiger partial charge in [-0.1, -0.05) is 12.1 Å². The van der Waals surface area contributed by atoms with Crippen LogP contribution in [0.1, 0.15) is 39.4 Å². The summed E-state index contributed by atoms with van der Waals surface area (Å²) in [5.74, 6) is 1.87. The van der Waals surface area contributed by atoms with Crippen LogP contribution < -0.4 is 4.90 Å². The second kappa shape index (κ2) is 9.09. The fraction of sp³-hybridized carbons (Fsp3) is 0.320. The highest BCUT2D eigenvalue weighted by Gasteiger charge is 2.34. The number of fused-ring (bicyclic) bond motifs is 1. The van der Waals surface area contributed by atoms with Crippen LogP contribution >= 0.6 is 0 Å². The van der Waals surface area contributed by atoms with Crippen molar-refractivity contribution in [3.05, 3.63) is 71.8 Å². The molecule has 0 saturated carbocycles. The molecule has 5 rings (SSSR count). The van der Waals surface area contributed by atoms with E-state index in [1.165, 1.54) is 4.90 Å². The average Bonchev–Trinajstić information content (AvgIpc) is 3.48. The number of piperazine rings is 1. The van der Waals surface area contributed by atoms with Crippen molar-refractivity contribution in [1.29, 1.82) is 0 Å². The van der Waals surface area contributed by atoms with Gasteiger partial charge in [0.05, 0.1) is 11.1 Å². The first kappa shape index (κ1) is 21.8. The SMILES string of the molecule is Cc1nc(N2CCN(C(=O)CCCN3C(=O)c4ccccc4C3=O)CC2)cc(-n2cccc2)n1. The van der Waals surface area contributed by atoms with Crippen LogP contribution in [0.5, 0.6) is 0 Å². The zero-order chi connectivity index (χ0) is 23.7. The highest BCUT2D eigenvalue weighted by atomic mass is 16.2. The lowest BCUT2D eigenvalue weighted by molar-refractivity contribution is -0.131. The summed E-state index contributed by atoms with van der Waals surface area (Å²) in [6.07, 6.45) is 4.65. The van der Waals surface area contributed by atoms with Gasteiger partial charge in [-0.05, 0) is 37.6 Å². The third kappa shape index (κ3) is 4.16. The monoisotopic (exact) mass is 458 g/mol. The Bertz CT molecular complexity index is 1200. The maximum absolute atomic E-state index is 12.8. The summed E-state index contributed by atoms with van der Waals surface area (Å²) in [4.78, 5) is 52.1. The summed E-state index contributed by atoms with van der Waals surface area (Å²) in [5, 5.41) is 0. The van der Waals surface area contributed by atoms with Gasteiger partial charge in [0.25, 0.3) is 11.8 Å². The number of imide groups is 1. The van der Waals surface area contributed by atoms with E-state index in [-0.39, 0.29) is 24.3 Å². The number of anilines is 1. The molecule has 0 unspecified atom stereocenters. The number of hydrogen-bond donors (Lipinski definition) is 0. The van der Waals surface area contributed by atoms with Gasteiger partial charge in [0.2, 0.25) is 5.91 Å². The van der Waals surface area contributed by atoms with Gasteiger partial charge in [0.1, 0.15) is 17.5 Å². The molecule has 4 heterocycles. The second-order valence-electron chi connectivity index (χ2n) is 8.50. The number of aromatic nitrogens is 3. The summed E-state index contributed by atoms with van der Waals surface area (Å²) >= 11 is 0. The summed E-state index contributed by atoms with van der Waals surface area (Å²) in [6.45, 7) is 4.71. The number of carbonyl (C=O) groups excluding carboxylic acids is 3. The van der Waals surface area contributed by atoms with Gasteiger partial charge in [0.15, 0.2) is 0 Å². The van der Waals surface area contributed by atoms with Gasteiger partial charge in [-0.25, -0.2) is 9.97 Å². The minimum absolute atomic E-state index is 0.0446. The molecule has 0 spiro atoms. The van der Waals surface area contributed by atoms with Crippen LogP contribution in [0.25, 0.3) is 5.82 Å². The molecule has 1 fully saturated rings. The number of hydrogen-bond acceptors (Lipinski definition) is 6. The van der Waals surface area contributed by atoms with Crippen LogP contribution in [-0.2, 0) is 4.79 Å². The van der Waals surface area contributed by atoms with Crippen LogP contribution in [0.2, 0.25) is 0 Å². The summed E-state index contributed by atoms with van der Waals surface area (Å²) < 4.78 is 1.95. The van der Waals surface area contributed by atoms with Crippen molar-refractivity contribution < 1.29 is 14.4 Å². The Balaban J connectivity index is 1.13. The van der Waals surface area contributed by atoms with Crippen molar-refractivity contribution in [2.45, 2.75) is 19.8 Å². The molecule has 1 aromatic carbocycles. The maximum atomic E-state index is 12.8. The quantitative estimate of drug-likeness (QED) is 0.527. The van der Waals surface area contributed by atoms with E-state index >= 15 is 0 Å². The van der Waals surface area contributed by atoms with Crippen LogP contribution in [0.3, 0.4) is 0 Å². The molecule has 3 aromatic rings. The molecule has 0 radical (unpaired) electrons. The molecule has 0 N–H and O–H groups in total. The zero-order valence-corrected chi connectivity index (χ0v) is 19.1. The van der Waals surface area contributed by atoms with Crippen molar-refractivity contribution in [2.75, 3.05) is 37.6 Å². The van der Waals surface area contributed by atoms with Crippen molar-refractivity contribution in [2.24, 2.45) is 0 Å². The van der Waals surface area contributed by atoms with Crippen molar-refractivity contribution in [3.63, 3.8) is 0 Å². The highest BCUT2D eigenvalue weighted by Crippen LogP contribution is 2.23. The lowest BCUT2D eigenvalue weighted by Gasteiger charge is -2.35. The van der Waals surface area contributed by atoms with Crippen LogP contribution in [-0.4, -0.2) is 74.8 Å². The van der Waals surface area contributed by atoms with Gasteiger partial charge in [-0.3, -0.25) is 19.3 Å². The Morgan fingerprint density at radius 2 is 1.50 bits per heavy atom. The molecule has 9 heteroatoms. The molecule has 174 valence electrons.